The topological polar surface area (TPSA) is 66.8 Å². The predicted molar refractivity (Wildman–Crippen MR) is 82.5 cm³/mol. The average Bonchev–Trinajstić information content (AvgIpc) is 3.24. The Balaban J connectivity index is 1.48. The summed E-state index contributed by atoms with van der Waals surface area (Å²) in [6.45, 7) is 0.656. The van der Waals surface area contributed by atoms with Crippen LogP contribution in [0.3, 0.4) is 0 Å². The first-order valence-electron chi connectivity index (χ1n) is 8.03. The van der Waals surface area contributed by atoms with Gasteiger partial charge in [0.2, 0.25) is 0 Å². The zero-order chi connectivity index (χ0) is 16.0. The summed E-state index contributed by atoms with van der Waals surface area (Å²) in [7, 11) is 0. The molecule has 1 saturated carbocycles. The summed E-state index contributed by atoms with van der Waals surface area (Å²) in [5, 5.41) is 9.62. The molecular formula is C18H19NO4. The molecule has 120 valence electrons. The Morgan fingerprint density at radius 3 is 2.65 bits per heavy atom. The minimum atomic E-state index is -0.921. The molecule has 3 aliphatic rings. The van der Waals surface area contributed by atoms with Gasteiger partial charge in [0, 0.05) is 12.5 Å². The molecule has 4 rings (SSSR count). The van der Waals surface area contributed by atoms with Crippen LogP contribution in [0.4, 0.5) is 4.79 Å². The van der Waals surface area contributed by atoms with Crippen LogP contribution >= 0.6 is 0 Å². The number of ether oxygens (including phenoxy) is 1. The SMILES string of the molecule is O=C(O)[C@@H]1[C@@H]2[C@H](CN1C(=O)OCc1ccccc1)[C@H]1C=C[C@@H]2C1. The Kier molecular flexibility index (Phi) is 3.36. The van der Waals surface area contributed by atoms with Crippen LogP contribution in [0.1, 0.15) is 12.0 Å². The second kappa shape index (κ2) is 5.41. The number of aliphatic carboxylic acids is 1. The fourth-order valence-electron chi connectivity index (χ4n) is 4.52. The fraction of sp³-hybridized carbons (Fsp3) is 0.444. The van der Waals surface area contributed by atoms with Crippen LogP contribution in [-0.2, 0) is 16.1 Å². The molecular weight excluding hydrogens is 294 g/mol. The Hall–Kier alpha value is -2.30. The fourth-order valence-corrected chi connectivity index (χ4v) is 4.52. The van der Waals surface area contributed by atoms with Gasteiger partial charge in [-0.1, -0.05) is 42.5 Å². The summed E-state index contributed by atoms with van der Waals surface area (Å²) in [4.78, 5) is 25.6. The quantitative estimate of drug-likeness (QED) is 0.871. The number of nitrogens with zero attached hydrogens (tertiary/aromatic N) is 1. The first-order valence-corrected chi connectivity index (χ1v) is 8.03. The molecule has 1 heterocycles. The van der Waals surface area contributed by atoms with Gasteiger partial charge in [-0.2, -0.15) is 0 Å². The number of likely N-dealkylation sites (tertiary alicyclic amines) is 1. The van der Waals surface area contributed by atoms with Gasteiger partial charge in [-0.05, 0) is 29.7 Å². The minimum Gasteiger partial charge on any atom is -0.480 e. The van der Waals surface area contributed by atoms with Crippen LogP contribution in [-0.4, -0.2) is 34.7 Å². The molecule has 2 aliphatic carbocycles. The van der Waals surface area contributed by atoms with Crippen molar-refractivity contribution in [2.45, 2.75) is 19.1 Å². The molecule has 1 aliphatic heterocycles. The number of hydrogen-bond acceptors (Lipinski definition) is 3. The molecule has 1 saturated heterocycles. The smallest absolute Gasteiger partial charge is 0.410 e. The highest BCUT2D eigenvalue weighted by Crippen LogP contribution is 2.54. The van der Waals surface area contributed by atoms with Gasteiger partial charge in [-0.3, -0.25) is 4.90 Å². The van der Waals surface area contributed by atoms with Crippen LogP contribution in [0.2, 0.25) is 0 Å². The van der Waals surface area contributed by atoms with Crippen molar-refractivity contribution in [2.24, 2.45) is 23.7 Å². The maximum absolute atomic E-state index is 12.4. The normalized spacial score (nSPS) is 33.7. The lowest BCUT2D eigenvalue weighted by atomic mass is 9.82. The highest BCUT2D eigenvalue weighted by Gasteiger charge is 2.58. The summed E-state index contributed by atoms with van der Waals surface area (Å²) in [5.74, 6) is 0.0778. The van der Waals surface area contributed by atoms with Crippen LogP contribution in [0.25, 0.3) is 0 Å². The van der Waals surface area contributed by atoms with Crippen molar-refractivity contribution in [2.75, 3.05) is 6.54 Å². The summed E-state index contributed by atoms with van der Waals surface area (Å²) in [5.41, 5.74) is 0.897. The number of rotatable bonds is 3. The minimum absolute atomic E-state index is 0.0341. The summed E-state index contributed by atoms with van der Waals surface area (Å²) < 4.78 is 5.35. The lowest BCUT2D eigenvalue weighted by Gasteiger charge is -2.26. The number of amides is 1. The lowest BCUT2D eigenvalue weighted by molar-refractivity contribution is -0.143. The van der Waals surface area contributed by atoms with Crippen molar-refractivity contribution in [3.63, 3.8) is 0 Å². The van der Waals surface area contributed by atoms with Gasteiger partial charge in [-0.25, -0.2) is 9.59 Å². The molecule has 1 aromatic carbocycles. The van der Waals surface area contributed by atoms with Gasteiger partial charge in [-0.15, -0.1) is 0 Å². The second-order valence-electron chi connectivity index (χ2n) is 6.67. The zero-order valence-corrected chi connectivity index (χ0v) is 12.7. The third-order valence-electron chi connectivity index (χ3n) is 5.49. The summed E-state index contributed by atoms with van der Waals surface area (Å²) in [6, 6.07) is 8.66. The van der Waals surface area contributed by atoms with E-state index >= 15 is 0 Å². The van der Waals surface area contributed by atoms with Gasteiger partial charge in [0.25, 0.3) is 0 Å². The Labute approximate surface area is 134 Å². The van der Waals surface area contributed by atoms with Crippen LogP contribution in [0, 0.1) is 23.7 Å². The van der Waals surface area contributed by atoms with E-state index in [-0.39, 0.29) is 24.4 Å². The van der Waals surface area contributed by atoms with Crippen LogP contribution in [0.15, 0.2) is 42.5 Å². The number of carbonyl (C=O) groups excluding carboxylic acids is 1. The molecule has 5 atom stereocenters. The van der Waals surface area contributed by atoms with Crippen molar-refractivity contribution >= 4 is 12.1 Å². The molecule has 2 fully saturated rings. The first-order chi connectivity index (χ1) is 11.1. The van der Waals surface area contributed by atoms with E-state index in [9.17, 15) is 14.7 Å². The van der Waals surface area contributed by atoms with Crippen LogP contribution < -0.4 is 0 Å². The van der Waals surface area contributed by atoms with E-state index in [4.69, 9.17) is 4.74 Å². The van der Waals surface area contributed by atoms with Crippen molar-refractivity contribution in [3.8, 4) is 0 Å². The van der Waals surface area contributed by atoms with E-state index in [1.54, 1.807) is 0 Å². The number of carboxylic acid groups (broad SMARTS) is 1. The van der Waals surface area contributed by atoms with Gasteiger partial charge in [0.05, 0.1) is 0 Å². The molecule has 0 radical (unpaired) electrons. The number of carbonyl (C=O) groups is 2. The Morgan fingerprint density at radius 1 is 1.17 bits per heavy atom. The van der Waals surface area contributed by atoms with E-state index in [1.165, 1.54) is 4.90 Å². The van der Waals surface area contributed by atoms with E-state index in [0.29, 0.717) is 12.5 Å². The number of hydrogen-bond donors (Lipinski definition) is 1. The van der Waals surface area contributed by atoms with E-state index in [0.717, 1.165) is 12.0 Å². The molecule has 1 aromatic rings. The molecule has 5 heteroatoms. The van der Waals surface area contributed by atoms with Crippen molar-refractivity contribution < 1.29 is 19.4 Å². The van der Waals surface area contributed by atoms with E-state index < -0.39 is 18.1 Å². The van der Waals surface area contributed by atoms with Crippen molar-refractivity contribution in [3.05, 3.63) is 48.0 Å². The summed E-state index contributed by atoms with van der Waals surface area (Å²) >= 11 is 0. The molecule has 1 amide bonds. The number of fused-ring (bicyclic) bond motifs is 5. The molecule has 2 bridgehead atoms. The zero-order valence-electron chi connectivity index (χ0n) is 12.7. The highest BCUT2D eigenvalue weighted by atomic mass is 16.6. The number of benzene rings is 1. The van der Waals surface area contributed by atoms with Gasteiger partial charge in [0.15, 0.2) is 0 Å². The van der Waals surface area contributed by atoms with Crippen molar-refractivity contribution in [1.29, 1.82) is 0 Å². The monoisotopic (exact) mass is 313 g/mol. The molecule has 1 N–H and O–H groups in total. The van der Waals surface area contributed by atoms with Gasteiger partial charge >= 0.3 is 12.1 Å². The first kappa shape index (κ1) is 14.3. The lowest BCUT2D eigenvalue weighted by Crippen LogP contribution is -2.44. The Bertz CT molecular complexity index is 656. The predicted octanol–water partition coefficient (Wildman–Crippen LogP) is 2.53. The molecule has 0 aromatic heterocycles. The summed E-state index contributed by atoms with van der Waals surface area (Å²) in [6.07, 6.45) is 4.82. The molecule has 0 spiro atoms. The van der Waals surface area contributed by atoms with Gasteiger partial charge < -0.3 is 9.84 Å². The largest absolute Gasteiger partial charge is 0.480 e. The van der Waals surface area contributed by atoms with E-state index in [1.807, 2.05) is 30.3 Å². The number of carboxylic acids is 1. The third kappa shape index (κ3) is 2.31. The Morgan fingerprint density at radius 2 is 1.91 bits per heavy atom. The van der Waals surface area contributed by atoms with Crippen LogP contribution in [0.5, 0.6) is 0 Å². The maximum Gasteiger partial charge on any atom is 0.410 e. The third-order valence-corrected chi connectivity index (χ3v) is 5.49. The molecule has 23 heavy (non-hydrogen) atoms. The maximum atomic E-state index is 12.4. The highest BCUT2D eigenvalue weighted by molar-refractivity contribution is 5.81. The molecule has 0 unspecified atom stereocenters. The van der Waals surface area contributed by atoms with E-state index in [2.05, 4.69) is 12.2 Å². The average molecular weight is 313 g/mol. The molecule has 5 nitrogen and oxygen atoms in total. The number of allylic oxidation sites excluding steroid dienone is 2. The van der Waals surface area contributed by atoms with Gasteiger partial charge in [0.1, 0.15) is 12.6 Å². The standard InChI is InChI=1S/C18H19NO4/c20-17(21)16-15-13-7-6-12(8-13)14(15)9-19(16)18(22)23-10-11-4-2-1-3-5-11/h1-7,12-16H,8-10H2,(H,20,21)/t12-,13+,14+,15-,16-/m0/s1. The van der Waals surface area contributed by atoms with Crippen molar-refractivity contribution in [1.82, 2.24) is 4.90 Å². The second-order valence-corrected chi connectivity index (χ2v) is 6.67.